The zero-order valence-corrected chi connectivity index (χ0v) is 51.8. The van der Waals surface area contributed by atoms with Gasteiger partial charge in [-0.3, -0.25) is 18.6 Å². The third-order valence-corrected chi connectivity index (χ3v) is 15.3. The van der Waals surface area contributed by atoms with Crippen LogP contribution in [0.3, 0.4) is 0 Å². The average Bonchev–Trinajstić information content (AvgIpc) is 3.43. The average molecular weight is 1110 g/mol. The van der Waals surface area contributed by atoms with Crippen molar-refractivity contribution in [2.45, 2.75) is 322 Å². The predicted octanol–water partition coefficient (Wildman–Crippen LogP) is 21.2. The largest absolute Gasteiger partial charge is 0.472 e. The lowest BCUT2D eigenvalue weighted by molar-refractivity contribution is -0.161. The van der Waals surface area contributed by atoms with Gasteiger partial charge in [0.2, 0.25) is 0 Å². The number of phosphoric acid groups is 1. The molecule has 2 unspecified atom stereocenters. The predicted molar refractivity (Wildman–Crippen MR) is 335 cm³/mol. The van der Waals surface area contributed by atoms with E-state index in [4.69, 9.17) is 24.3 Å². The van der Waals surface area contributed by atoms with Crippen molar-refractivity contribution in [1.82, 2.24) is 0 Å². The van der Waals surface area contributed by atoms with Crippen molar-refractivity contribution in [3.05, 3.63) is 72.9 Å². The fourth-order valence-electron chi connectivity index (χ4n) is 9.53. The molecule has 0 amide bonds. The quantitative estimate of drug-likeness (QED) is 0.0264. The van der Waals surface area contributed by atoms with Crippen LogP contribution in [0, 0.1) is 0 Å². The number of carbonyl (C=O) groups is 2. The van der Waals surface area contributed by atoms with Gasteiger partial charge >= 0.3 is 19.8 Å². The third kappa shape index (κ3) is 62.6. The number of allylic oxidation sites excluding steroid dienone is 12. The first-order chi connectivity index (χ1) is 38.3. The summed E-state index contributed by atoms with van der Waals surface area (Å²) in [6.07, 6.45) is 83.0. The molecule has 454 valence electrons. The molecule has 0 bridgehead atoms. The Labute approximate surface area is 482 Å². The minimum absolute atomic E-state index is 0.0439. The van der Waals surface area contributed by atoms with E-state index in [-0.39, 0.29) is 38.6 Å². The van der Waals surface area contributed by atoms with Crippen molar-refractivity contribution < 1.29 is 37.6 Å². The van der Waals surface area contributed by atoms with Gasteiger partial charge in [0.05, 0.1) is 13.2 Å². The normalized spacial score (nSPS) is 13.4. The molecule has 0 saturated carbocycles. The van der Waals surface area contributed by atoms with Crippen LogP contribution >= 0.6 is 7.82 Å². The Morgan fingerprint density at radius 3 is 1.05 bits per heavy atom. The highest BCUT2D eigenvalue weighted by Gasteiger charge is 2.26. The molecule has 0 radical (unpaired) electrons. The summed E-state index contributed by atoms with van der Waals surface area (Å²) in [7, 11) is -4.40. The van der Waals surface area contributed by atoms with Gasteiger partial charge in [-0.15, -0.1) is 0 Å². The molecule has 0 saturated heterocycles. The van der Waals surface area contributed by atoms with Crippen LogP contribution in [0.15, 0.2) is 72.9 Å². The van der Waals surface area contributed by atoms with E-state index in [1.54, 1.807) is 0 Å². The number of phosphoric ester groups is 1. The number of rotatable bonds is 62. The summed E-state index contributed by atoms with van der Waals surface area (Å²) in [6.45, 7) is 3.62. The Balaban J connectivity index is 3.85. The first-order valence-electron chi connectivity index (χ1n) is 32.9. The molecule has 0 spiro atoms. The van der Waals surface area contributed by atoms with E-state index in [0.29, 0.717) is 6.42 Å². The van der Waals surface area contributed by atoms with Gasteiger partial charge in [0.15, 0.2) is 6.10 Å². The lowest BCUT2D eigenvalue weighted by Crippen LogP contribution is -2.29. The molecular formula is C68H124NO8P. The first kappa shape index (κ1) is 75.5. The number of hydrogen-bond acceptors (Lipinski definition) is 8. The van der Waals surface area contributed by atoms with Crippen LogP contribution in [0.2, 0.25) is 0 Å². The summed E-state index contributed by atoms with van der Waals surface area (Å²) in [5.41, 5.74) is 5.38. The number of ether oxygens (including phenoxy) is 2. The number of carbonyl (C=O) groups excluding carboxylic acids is 2. The summed E-state index contributed by atoms with van der Waals surface area (Å²) in [4.78, 5) is 35.2. The Kier molecular flexibility index (Phi) is 61.5. The maximum atomic E-state index is 12.7. The van der Waals surface area contributed by atoms with Crippen LogP contribution in [0.1, 0.15) is 316 Å². The summed E-state index contributed by atoms with van der Waals surface area (Å²) in [5, 5.41) is 0. The second-order valence-corrected chi connectivity index (χ2v) is 23.4. The summed E-state index contributed by atoms with van der Waals surface area (Å²) >= 11 is 0. The zero-order chi connectivity index (χ0) is 56.6. The number of esters is 2. The summed E-state index contributed by atoms with van der Waals surface area (Å²) < 4.78 is 33.0. The summed E-state index contributed by atoms with van der Waals surface area (Å²) in [6, 6.07) is 0. The van der Waals surface area contributed by atoms with Crippen LogP contribution in [0.5, 0.6) is 0 Å². The lowest BCUT2D eigenvalue weighted by Gasteiger charge is -2.19. The highest BCUT2D eigenvalue weighted by molar-refractivity contribution is 7.47. The maximum Gasteiger partial charge on any atom is 0.472 e. The summed E-state index contributed by atoms with van der Waals surface area (Å²) in [5.74, 6) is -0.870. The van der Waals surface area contributed by atoms with Crippen molar-refractivity contribution in [3.63, 3.8) is 0 Å². The molecule has 0 rings (SSSR count). The molecule has 0 aromatic heterocycles. The van der Waals surface area contributed by atoms with Crippen molar-refractivity contribution in [2.75, 3.05) is 26.4 Å². The van der Waals surface area contributed by atoms with Gasteiger partial charge in [-0.2, -0.15) is 0 Å². The van der Waals surface area contributed by atoms with Crippen molar-refractivity contribution in [3.8, 4) is 0 Å². The van der Waals surface area contributed by atoms with Crippen molar-refractivity contribution in [2.24, 2.45) is 5.73 Å². The van der Waals surface area contributed by atoms with Crippen LogP contribution in [-0.4, -0.2) is 49.3 Å². The maximum absolute atomic E-state index is 12.7. The molecule has 10 heteroatoms. The van der Waals surface area contributed by atoms with E-state index < -0.39 is 26.5 Å². The topological polar surface area (TPSA) is 134 Å². The standard InChI is InChI=1S/C68H124NO8P/c1-3-5-7-9-11-13-15-17-19-21-23-25-26-27-28-29-30-31-32-33-34-35-36-37-38-39-41-42-44-46-48-50-52-54-56-58-60-67(70)74-64-66(65-76-78(72,73)75-63-62-69)77-68(71)61-59-57-55-53-51-49-47-45-43-40-24-22-20-18-16-14-12-10-8-6-4-2/h6,8,12,14,18,20,24,40,45,47,51,53,66H,3-5,7,9-11,13,15-17,19,21-23,25-39,41-44,46,48-50,52,54-65,69H2,1-2H3,(H,72,73)/b8-6-,14-12-,20-18-,40-24-,47-45-,53-51-. The van der Waals surface area contributed by atoms with Gasteiger partial charge in [-0.05, 0) is 64.2 Å². The van der Waals surface area contributed by atoms with Crippen LogP contribution in [-0.2, 0) is 32.7 Å². The van der Waals surface area contributed by atoms with Gasteiger partial charge in [0.1, 0.15) is 6.61 Å². The molecule has 0 aromatic rings. The van der Waals surface area contributed by atoms with E-state index in [1.807, 2.05) is 0 Å². The van der Waals surface area contributed by atoms with Crippen molar-refractivity contribution >= 4 is 19.8 Å². The molecule has 0 aromatic carbocycles. The number of unbranched alkanes of at least 4 members (excludes halogenated alkanes) is 37. The first-order valence-corrected chi connectivity index (χ1v) is 34.4. The van der Waals surface area contributed by atoms with Gasteiger partial charge in [0, 0.05) is 19.4 Å². The van der Waals surface area contributed by atoms with Gasteiger partial charge in [0.25, 0.3) is 0 Å². The second kappa shape index (κ2) is 63.6. The SMILES string of the molecule is CC/C=C\C/C=C\C/C=C\C/C=C\C/C=C\C/C=C\CCCCC(=O)OC(COC(=O)CCCCCCCCCCCCCCCCCCCCCCCCCCCCCCCCCCCCCC)COP(=O)(O)OCCN. The molecule has 9 nitrogen and oxygen atoms in total. The van der Waals surface area contributed by atoms with E-state index >= 15 is 0 Å². The number of hydrogen-bond donors (Lipinski definition) is 2. The van der Waals surface area contributed by atoms with E-state index in [9.17, 15) is 19.0 Å². The molecule has 0 heterocycles. The van der Waals surface area contributed by atoms with Gasteiger partial charge < -0.3 is 20.1 Å². The smallest absolute Gasteiger partial charge is 0.462 e. The fourth-order valence-corrected chi connectivity index (χ4v) is 10.3. The van der Waals surface area contributed by atoms with Gasteiger partial charge in [-0.25, -0.2) is 4.57 Å². The molecule has 0 aliphatic heterocycles. The zero-order valence-electron chi connectivity index (χ0n) is 50.9. The molecule has 0 aliphatic carbocycles. The second-order valence-electron chi connectivity index (χ2n) is 22.0. The minimum Gasteiger partial charge on any atom is -0.462 e. The monoisotopic (exact) mass is 1110 g/mol. The van der Waals surface area contributed by atoms with E-state index in [2.05, 4.69) is 86.8 Å². The molecule has 78 heavy (non-hydrogen) atoms. The highest BCUT2D eigenvalue weighted by Crippen LogP contribution is 2.43. The lowest BCUT2D eigenvalue weighted by atomic mass is 10.0. The van der Waals surface area contributed by atoms with E-state index in [1.165, 1.54) is 212 Å². The fraction of sp³-hybridized carbons (Fsp3) is 0.794. The third-order valence-electron chi connectivity index (χ3n) is 14.4. The Bertz CT molecular complexity index is 1510. The van der Waals surface area contributed by atoms with E-state index in [0.717, 1.165) is 70.6 Å². The Morgan fingerprint density at radius 2 is 0.705 bits per heavy atom. The van der Waals surface area contributed by atoms with Crippen LogP contribution in [0.4, 0.5) is 0 Å². The molecular weight excluding hydrogens is 990 g/mol. The van der Waals surface area contributed by atoms with Crippen LogP contribution < -0.4 is 5.73 Å². The van der Waals surface area contributed by atoms with Crippen molar-refractivity contribution in [1.29, 1.82) is 0 Å². The van der Waals surface area contributed by atoms with Gasteiger partial charge in [-0.1, -0.05) is 311 Å². The number of nitrogens with two attached hydrogens (primary N) is 1. The Hall–Kier alpha value is -2.55. The molecule has 2 atom stereocenters. The molecule has 0 aliphatic rings. The minimum atomic E-state index is -4.40. The van der Waals surface area contributed by atoms with Crippen LogP contribution in [0.25, 0.3) is 0 Å². The Morgan fingerprint density at radius 1 is 0.397 bits per heavy atom. The highest BCUT2D eigenvalue weighted by atomic mass is 31.2. The molecule has 0 fully saturated rings. The molecule has 3 N–H and O–H groups in total.